The number of hydrogen-bond donors (Lipinski definition) is 0. The molecular weight excluding hydrogens is 115 g/mol. The van der Waals surface area contributed by atoms with Crippen LogP contribution in [0.25, 0.3) is 0 Å². The number of nitrogens with zero attached hydrogens (tertiary/aromatic N) is 3. The van der Waals surface area contributed by atoms with Crippen LogP contribution in [0.3, 0.4) is 0 Å². The average molecular weight is 124 g/mol. The second kappa shape index (κ2) is 2.44. The third-order valence-corrected chi connectivity index (χ3v) is 0.952. The molecule has 0 saturated heterocycles. The minimum absolute atomic E-state index is 0.748. The van der Waals surface area contributed by atoms with E-state index >= 15 is 0 Å². The first kappa shape index (κ1) is 6.01. The van der Waals surface area contributed by atoms with Crippen molar-refractivity contribution >= 4 is 5.95 Å². The van der Waals surface area contributed by atoms with Crippen molar-refractivity contribution in [3.63, 3.8) is 0 Å². The van der Waals surface area contributed by atoms with E-state index in [0.29, 0.717) is 0 Å². The molecule has 0 spiro atoms. The summed E-state index contributed by atoms with van der Waals surface area (Å²) in [6.07, 6.45) is 3.45. The van der Waals surface area contributed by atoms with Crippen molar-refractivity contribution in [2.75, 3.05) is 19.0 Å². The smallest absolute Gasteiger partial charge is 0.224 e. The molecule has 0 fully saturated rings. The van der Waals surface area contributed by atoms with Crippen LogP contribution in [-0.2, 0) is 0 Å². The zero-order valence-corrected chi connectivity index (χ0v) is 5.57. The minimum Gasteiger partial charge on any atom is -0.347 e. The van der Waals surface area contributed by atoms with Crippen LogP contribution in [0, 0.1) is 0 Å². The van der Waals surface area contributed by atoms with Gasteiger partial charge in [0.25, 0.3) is 0 Å². The Bertz CT molecular complexity index is 171. The Morgan fingerprint density at radius 2 is 1.78 bits per heavy atom. The van der Waals surface area contributed by atoms with Crippen molar-refractivity contribution in [3.05, 3.63) is 18.5 Å². The molecule has 48 valence electrons. The molecule has 0 aliphatic carbocycles. The molecule has 0 N–H and O–H groups in total. The predicted octanol–water partition coefficient (Wildman–Crippen LogP) is 0.543. The van der Waals surface area contributed by atoms with Gasteiger partial charge in [0.2, 0.25) is 5.95 Å². The van der Waals surface area contributed by atoms with Crippen LogP contribution in [0.5, 0.6) is 0 Å². The number of rotatable bonds is 1. The zero-order chi connectivity index (χ0) is 6.69. The highest BCUT2D eigenvalue weighted by Gasteiger charge is 1.91. The molecule has 0 amide bonds. The molecule has 1 aromatic rings. The van der Waals surface area contributed by atoms with Crippen molar-refractivity contribution in [2.24, 2.45) is 0 Å². The van der Waals surface area contributed by atoms with Gasteiger partial charge in [0.05, 0.1) is 0 Å². The molecule has 0 atom stereocenters. The molecule has 3 heteroatoms. The molecule has 1 heterocycles. The topological polar surface area (TPSA) is 29.0 Å². The maximum absolute atomic E-state index is 3.99. The molecule has 0 aromatic carbocycles. The first-order valence-corrected chi connectivity index (χ1v) is 2.75. The standard InChI is InChI=1S/C6H9N3/c1-9(2)6-7-4-3-5-8-6/h3-5H,1-2H3/i6+1. The van der Waals surface area contributed by atoms with Crippen molar-refractivity contribution in [1.29, 1.82) is 0 Å². The molecule has 0 aliphatic heterocycles. The summed E-state index contributed by atoms with van der Waals surface area (Å²) >= 11 is 0. The van der Waals surface area contributed by atoms with E-state index in [4.69, 9.17) is 0 Å². The molecule has 0 aliphatic rings. The summed E-state index contributed by atoms with van der Waals surface area (Å²) in [5.41, 5.74) is 0. The van der Waals surface area contributed by atoms with Crippen LogP contribution < -0.4 is 4.90 Å². The van der Waals surface area contributed by atoms with E-state index in [1.165, 1.54) is 0 Å². The fraction of sp³-hybridized carbons (Fsp3) is 0.333. The van der Waals surface area contributed by atoms with E-state index in [1.54, 1.807) is 18.5 Å². The predicted molar refractivity (Wildman–Crippen MR) is 36.4 cm³/mol. The van der Waals surface area contributed by atoms with Gasteiger partial charge in [0, 0.05) is 26.5 Å². The summed E-state index contributed by atoms with van der Waals surface area (Å²) in [5.74, 6) is 0.748. The van der Waals surface area contributed by atoms with E-state index < -0.39 is 0 Å². The second-order valence-electron chi connectivity index (χ2n) is 1.94. The monoisotopic (exact) mass is 124 g/mol. The lowest BCUT2D eigenvalue weighted by Crippen LogP contribution is -2.11. The Hall–Kier alpha value is -1.12. The van der Waals surface area contributed by atoms with Crippen LogP contribution in [0.1, 0.15) is 0 Å². The van der Waals surface area contributed by atoms with Crippen LogP contribution in [0.4, 0.5) is 5.95 Å². The largest absolute Gasteiger partial charge is 0.347 e. The molecule has 0 radical (unpaired) electrons. The van der Waals surface area contributed by atoms with Gasteiger partial charge < -0.3 is 4.90 Å². The van der Waals surface area contributed by atoms with Crippen molar-refractivity contribution in [1.82, 2.24) is 9.97 Å². The summed E-state index contributed by atoms with van der Waals surface area (Å²) in [7, 11) is 3.82. The van der Waals surface area contributed by atoms with E-state index in [1.807, 2.05) is 19.0 Å². The van der Waals surface area contributed by atoms with Crippen molar-refractivity contribution < 1.29 is 0 Å². The normalized spacial score (nSPS) is 9.11. The van der Waals surface area contributed by atoms with Crippen LogP contribution in [-0.4, -0.2) is 24.1 Å². The molecule has 9 heavy (non-hydrogen) atoms. The maximum Gasteiger partial charge on any atom is 0.224 e. The molecule has 0 bridgehead atoms. The fourth-order valence-corrected chi connectivity index (χ4v) is 0.522. The van der Waals surface area contributed by atoms with Crippen molar-refractivity contribution in [2.45, 2.75) is 0 Å². The van der Waals surface area contributed by atoms with Gasteiger partial charge in [-0.05, 0) is 6.07 Å². The fourth-order valence-electron chi connectivity index (χ4n) is 0.522. The van der Waals surface area contributed by atoms with Gasteiger partial charge >= 0.3 is 0 Å². The van der Waals surface area contributed by atoms with E-state index in [-0.39, 0.29) is 0 Å². The van der Waals surface area contributed by atoms with Gasteiger partial charge in [0.15, 0.2) is 0 Å². The van der Waals surface area contributed by atoms with Crippen LogP contribution in [0.2, 0.25) is 0 Å². The number of aromatic nitrogens is 2. The summed E-state index contributed by atoms with van der Waals surface area (Å²) in [5, 5.41) is 0. The highest BCUT2D eigenvalue weighted by molar-refractivity contribution is 5.23. The van der Waals surface area contributed by atoms with Gasteiger partial charge in [-0.1, -0.05) is 0 Å². The lowest BCUT2D eigenvalue weighted by atomic mass is 10.7. The quantitative estimate of drug-likeness (QED) is 0.547. The first-order valence-electron chi connectivity index (χ1n) is 2.75. The summed E-state index contributed by atoms with van der Waals surface area (Å²) < 4.78 is 0. The summed E-state index contributed by atoms with van der Waals surface area (Å²) in [6.45, 7) is 0. The summed E-state index contributed by atoms with van der Waals surface area (Å²) in [6, 6.07) is 1.80. The average Bonchev–Trinajstić information content (AvgIpc) is 1.90. The SMILES string of the molecule is CN(C)[13c]1ncccn1. The van der Waals surface area contributed by atoms with E-state index in [2.05, 4.69) is 9.97 Å². The molecule has 0 saturated carbocycles. The Kier molecular flexibility index (Phi) is 1.63. The molecule has 0 unspecified atom stereocenters. The van der Waals surface area contributed by atoms with Gasteiger partial charge in [0.1, 0.15) is 0 Å². The molecule has 1 aromatic heterocycles. The van der Waals surface area contributed by atoms with Gasteiger partial charge in [-0.3, -0.25) is 0 Å². The zero-order valence-electron chi connectivity index (χ0n) is 5.57. The van der Waals surface area contributed by atoms with Gasteiger partial charge in [-0.25, -0.2) is 9.97 Å². The van der Waals surface area contributed by atoms with Crippen LogP contribution in [0.15, 0.2) is 18.5 Å². The molecule has 1 rings (SSSR count). The first-order chi connectivity index (χ1) is 4.30. The van der Waals surface area contributed by atoms with Crippen molar-refractivity contribution in [3.8, 4) is 0 Å². The highest BCUT2D eigenvalue weighted by atomic mass is 15.4. The van der Waals surface area contributed by atoms with Gasteiger partial charge in [-0.15, -0.1) is 0 Å². The Morgan fingerprint density at radius 3 is 2.11 bits per heavy atom. The van der Waals surface area contributed by atoms with E-state index in [9.17, 15) is 0 Å². The summed E-state index contributed by atoms with van der Waals surface area (Å²) in [4.78, 5) is 9.85. The highest BCUT2D eigenvalue weighted by Crippen LogP contribution is 1.96. The minimum atomic E-state index is 0.748. The van der Waals surface area contributed by atoms with Crippen LogP contribution >= 0.6 is 0 Å². The lowest BCUT2D eigenvalue weighted by Gasteiger charge is -2.06. The number of hydrogen-bond acceptors (Lipinski definition) is 3. The Morgan fingerprint density at radius 1 is 1.22 bits per heavy atom. The lowest BCUT2D eigenvalue weighted by molar-refractivity contribution is 0.998. The van der Waals surface area contributed by atoms with E-state index in [0.717, 1.165) is 5.95 Å². The third kappa shape index (κ3) is 1.38. The van der Waals surface area contributed by atoms with Gasteiger partial charge in [-0.2, -0.15) is 0 Å². The maximum atomic E-state index is 3.99. The molecule has 3 nitrogen and oxygen atoms in total. The third-order valence-electron chi connectivity index (χ3n) is 0.952. The Balaban J connectivity index is 2.85. The Labute approximate surface area is 54.4 Å². The number of anilines is 1. The second-order valence-corrected chi connectivity index (χ2v) is 1.94. The molecular formula is C6H9N3.